The van der Waals surface area contributed by atoms with Crippen LogP contribution in [0.3, 0.4) is 0 Å². The van der Waals surface area contributed by atoms with E-state index in [-0.39, 0.29) is 33.0 Å². The molecule has 2 N–H and O–H groups in total. The maximum Gasteiger partial charge on any atom is 0.255 e. The number of nitrogens with one attached hydrogen (secondary N) is 1. The summed E-state index contributed by atoms with van der Waals surface area (Å²) in [7, 11) is -3.77. The normalized spacial score (nSPS) is 28.0. The molecule has 3 aliphatic carbocycles. The number of hydrogen-bond donors (Lipinski definition) is 2. The smallest absolute Gasteiger partial charge is 0.255 e. The van der Waals surface area contributed by atoms with Crippen molar-refractivity contribution in [2.75, 3.05) is 5.32 Å². The van der Waals surface area contributed by atoms with Crippen LogP contribution in [0.5, 0.6) is 0 Å². The molecule has 0 spiro atoms. The molecule has 3 fully saturated rings. The van der Waals surface area contributed by atoms with E-state index < -0.39 is 32.4 Å². The summed E-state index contributed by atoms with van der Waals surface area (Å²) in [5.74, 6) is -1.09. The minimum atomic E-state index is -3.77. The van der Waals surface area contributed by atoms with Crippen LogP contribution in [-0.4, -0.2) is 30.3 Å². The molecule has 1 amide bonds. The standard InChI is InChI=1S/C22H23ClFNO4S/c1-12-3-5-16(11-19(12)24)25-21(26)13-4-6-18(23)20(7-13)30(28,29)17-9-14-8-15(10-17)22(14,2)27/h3-7,11,14-15,17,27H,8-10H2,1-2H3,(H,25,26). The molecule has 2 bridgehead atoms. The Morgan fingerprint density at radius 2 is 1.83 bits per heavy atom. The highest BCUT2D eigenvalue weighted by Crippen LogP contribution is 2.55. The summed E-state index contributed by atoms with van der Waals surface area (Å²) in [6.07, 6.45) is 1.59. The first-order valence-electron chi connectivity index (χ1n) is 9.83. The lowest BCUT2D eigenvalue weighted by Gasteiger charge is -2.56. The predicted octanol–water partition coefficient (Wildman–Crippen LogP) is 4.36. The average Bonchev–Trinajstić information content (AvgIpc) is 2.70. The van der Waals surface area contributed by atoms with Gasteiger partial charge in [-0.25, -0.2) is 12.8 Å². The number of fused-ring (bicyclic) bond motifs is 2. The SMILES string of the molecule is Cc1ccc(NC(=O)c2ccc(Cl)c(S(=O)(=O)C3CC4CC(C3)C4(C)O)c2)cc1F. The zero-order valence-electron chi connectivity index (χ0n) is 16.7. The maximum absolute atomic E-state index is 13.7. The van der Waals surface area contributed by atoms with E-state index in [0.717, 1.165) is 6.42 Å². The number of carbonyl (C=O) groups is 1. The van der Waals surface area contributed by atoms with Gasteiger partial charge in [0, 0.05) is 11.3 Å². The summed E-state index contributed by atoms with van der Waals surface area (Å²) in [6, 6.07) is 8.43. The van der Waals surface area contributed by atoms with Gasteiger partial charge in [-0.1, -0.05) is 17.7 Å². The molecule has 5 nitrogen and oxygen atoms in total. The minimum absolute atomic E-state index is 0.0438. The maximum atomic E-state index is 13.7. The molecule has 3 saturated carbocycles. The van der Waals surface area contributed by atoms with Gasteiger partial charge < -0.3 is 10.4 Å². The molecule has 5 rings (SSSR count). The molecule has 2 aromatic carbocycles. The number of halogens is 2. The fourth-order valence-corrected chi connectivity index (χ4v) is 6.97. The van der Waals surface area contributed by atoms with Gasteiger partial charge in [-0.15, -0.1) is 0 Å². The van der Waals surface area contributed by atoms with E-state index in [1.165, 1.54) is 24.3 Å². The Bertz CT molecular complexity index is 1120. The summed E-state index contributed by atoms with van der Waals surface area (Å²) in [5.41, 5.74) is 0.0438. The number of hydrogen-bond acceptors (Lipinski definition) is 4. The Kier molecular flexibility index (Phi) is 5.19. The summed E-state index contributed by atoms with van der Waals surface area (Å²) >= 11 is 6.20. The fourth-order valence-electron chi connectivity index (χ4n) is 4.56. The first kappa shape index (κ1) is 21.3. The molecule has 0 aromatic heterocycles. The second-order valence-electron chi connectivity index (χ2n) is 8.56. The first-order chi connectivity index (χ1) is 14.0. The third kappa shape index (κ3) is 3.53. The Morgan fingerprint density at radius 3 is 2.43 bits per heavy atom. The molecular formula is C22H23ClFNO4S. The lowest BCUT2D eigenvalue weighted by atomic mass is 9.54. The molecule has 0 heterocycles. The van der Waals surface area contributed by atoms with Gasteiger partial charge in [0.1, 0.15) is 5.82 Å². The number of aliphatic hydroxyl groups is 1. The second kappa shape index (κ2) is 7.32. The number of carbonyl (C=O) groups excluding carboxylic acids is 1. The Balaban J connectivity index is 1.58. The Morgan fingerprint density at radius 1 is 1.17 bits per heavy atom. The number of amides is 1. The highest BCUT2D eigenvalue weighted by Gasteiger charge is 2.57. The van der Waals surface area contributed by atoms with Gasteiger partial charge in [-0.05, 0) is 80.8 Å². The average molecular weight is 452 g/mol. The summed E-state index contributed by atoms with van der Waals surface area (Å²) in [6.45, 7) is 3.38. The monoisotopic (exact) mass is 451 g/mol. The van der Waals surface area contributed by atoms with E-state index in [9.17, 15) is 22.7 Å². The van der Waals surface area contributed by atoms with Gasteiger partial charge in [-0.3, -0.25) is 4.79 Å². The lowest BCUT2D eigenvalue weighted by molar-refractivity contribution is -0.162. The van der Waals surface area contributed by atoms with Crippen LogP contribution in [0.15, 0.2) is 41.3 Å². The van der Waals surface area contributed by atoms with Crippen LogP contribution < -0.4 is 5.32 Å². The summed E-state index contributed by atoms with van der Waals surface area (Å²) in [4.78, 5) is 12.5. The molecular weight excluding hydrogens is 429 g/mol. The largest absolute Gasteiger partial charge is 0.390 e. The zero-order chi connectivity index (χ0) is 21.8. The van der Waals surface area contributed by atoms with E-state index in [0.29, 0.717) is 18.4 Å². The van der Waals surface area contributed by atoms with Gasteiger partial charge in [-0.2, -0.15) is 0 Å². The molecule has 2 aromatic rings. The second-order valence-corrected chi connectivity index (χ2v) is 11.2. The lowest BCUT2D eigenvalue weighted by Crippen LogP contribution is -2.60. The quantitative estimate of drug-likeness (QED) is 0.723. The van der Waals surface area contributed by atoms with Crippen molar-refractivity contribution in [2.45, 2.75) is 48.9 Å². The van der Waals surface area contributed by atoms with E-state index in [1.54, 1.807) is 26.0 Å². The molecule has 0 saturated heterocycles. The first-order valence-corrected chi connectivity index (χ1v) is 11.8. The highest BCUT2D eigenvalue weighted by atomic mass is 35.5. The van der Waals surface area contributed by atoms with Crippen molar-refractivity contribution in [3.05, 3.63) is 58.4 Å². The van der Waals surface area contributed by atoms with Gasteiger partial charge >= 0.3 is 0 Å². The van der Waals surface area contributed by atoms with Crippen molar-refractivity contribution < 1.29 is 22.7 Å². The van der Waals surface area contributed by atoms with Crippen molar-refractivity contribution in [1.82, 2.24) is 0 Å². The van der Waals surface area contributed by atoms with E-state index in [2.05, 4.69) is 5.32 Å². The van der Waals surface area contributed by atoms with Crippen LogP contribution in [0.25, 0.3) is 0 Å². The summed E-state index contributed by atoms with van der Waals surface area (Å²) in [5, 5.41) is 12.4. The minimum Gasteiger partial charge on any atom is -0.390 e. The van der Waals surface area contributed by atoms with Crippen LogP contribution in [0.1, 0.15) is 42.1 Å². The molecule has 3 aliphatic rings. The number of sulfone groups is 1. The Labute approximate surface area is 180 Å². The topological polar surface area (TPSA) is 83.5 Å². The van der Waals surface area contributed by atoms with Crippen LogP contribution >= 0.6 is 11.6 Å². The number of anilines is 1. The van der Waals surface area contributed by atoms with Crippen molar-refractivity contribution in [3.8, 4) is 0 Å². The zero-order valence-corrected chi connectivity index (χ0v) is 18.2. The van der Waals surface area contributed by atoms with Crippen LogP contribution in [0.4, 0.5) is 10.1 Å². The van der Waals surface area contributed by atoms with Gasteiger partial charge in [0.15, 0.2) is 9.84 Å². The third-order valence-corrected chi connectivity index (χ3v) is 9.34. The number of rotatable bonds is 4. The third-order valence-electron chi connectivity index (χ3n) is 6.69. The van der Waals surface area contributed by atoms with Crippen molar-refractivity contribution in [2.24, 2.45) is 11.8 Å². The van der Waals surface area contributed by atoms with Crippen molar-refractivity contribution >= 4 is 33.0 Å². The molecule has 160 valence electrons. The molecule has 30 heavy (non-hydrogen) atoms. The molecule has 0 aliphatic heterocycles. The van der Waals surface area contributed by atoms with E-state index in [1.807, 2.05) is 0 Å². The van der Waals surface area contributed by atoms with Gasteiger partial charge in [0.25, 0.3) is 5.91 Å². The Hall–Kier alpha value is -1.96. The van der Waals surface area contributed by atoms with Crippen LogP contribution in [0, 0.1) is 24.6 Å². The molecule has 2 unspecified atom stereocenters. The van der Waals surface area contributed by atoms with E-state index >= 15 is 0 Å². The van der Waals surface area contributed by atoms with Crippen LogP contribution in [-0.2, 0) is 9.84 Å². The van der Waals surface area contributed by atoms with Crippen LogP contribution in [0.2, 0.25) is 5.02 Å². The van der Waals surface area contributed by atoms with Crippen molar-refractivity contribution in [1.29, 1.82) is 0 Å². The molecule has 0 radical (unpaired) electrons. The van der Waals surface area contributed by atoms with Gasteiger partial charge in [0.05, 0.1) is 20.8 Å². The fraction of sp³-hybridized carbons (Fsp3) is 0.409. The highest BCUT2D eigenvalue weighted by molar-refractivity contribution is 7.92. The predicted molar refractivity (Wildman–Crippen MR) is 113 cm³/mol. The van der Waals surface area contributed by atoms with Gasteiger partial charge in [0.2, 0.25) is 0 Å². The summed E-state index contributed by atoms with van der Waals surface area (Å²) < 4.78 is 40.2. The van der Waals surface area contributed by atoms with E-state index in [4.69, 9.17) is 11.6 Å². The number of benzene rings is 2. The van der Waals surface area contributed by atoms with Crippen molar-refractivity contribution in [3.63, 3.8) is 0 Å². The molecule has 2 atom stereocenters. The molecule has 8 heteroatoms. The number of aryl methyl sites for hydroxylation is 1.